The number of piperidine rings is 1. The third kappa shape index (κ3) is 3.83. The van der Waals surface area contributed by atoms with Crippen LogP contribution in [-0.4, -0.2) is 48.1 Å². The lowest BCUT2D eigenvalue weighted by Crippen LogP contribution is -2.51. The Balaban J connectivity index is 2.89. The maximum atomic E-state index is 12.5. The number of halogens is 1. The van der Waals surface area contributed by atoms with E-state index < -0.39 is 10.2 Å². The van der Waals surface area contributed by atoms with Crippen molar-refractivity contribution in [1.82, 2.24) is 8.61 Å². The summed E-state index contributed by atoms with van der Waals surface area (Å²) in [6.07, 6.45) is 3.68. The Labute approximate surface area is 116 Å². The molecule has 0 aromatic carbocycles. The SMILES string of the molecule is CC(Cl)CC1CCCCN1S(=O)(=O)N(C)C(C)C. The van der Waals surface area contributed by atoms with Gasteiger partial charge in [0.2, 0.25) is 0 Å². The second-order valence-electron chi connectivity index (χ2n) is 5.39. The Morgan fingerprint density at radius 3 is 2.44 bits per heavy atom. The maximum absolute atomic E-state index is 12.5. The lowest BCUT2D eigenvalue weighted by molar-refractivity contribution is 0.221. The highest BCUT2D eigenvalue weighted by atomic mass is 35.5. The molecule has 0 aromatic heterocycles. The van der Waals surface area contributed by atoms with Crippen LogP contribution in [0.4, 0.5) is 0 Å². The Morgan fingerprint density at radius 2 is 1.94 bits per heavy atom. The number of hydrogen-bond acceptors (Lipinski definition) is 2. The van der Waals surface area contributed by atoms with Crippen LogP contribution in [0.2, 0.25) is 0 Å². The number of nitrogens with zero attached hydrogens (tertiary/aromatic N) is 2. The minimum absolute atomic E-state index is 0.00940. The lowest BCUT2D eigenvalue weighted by Gasteiger charge is -2.38. The van der Waals surface area contributed by atoms with Crippen LogP contribution in [0, 0.1) is 0 Å². The molecule has 1 aliphatic heterocycles. The number of alkyl halides is 1. The summed E-state index contributed by atoms with van der Waals surface area (Å²) in [7, 11) is -1.70. The average Bonchev–Trinajstić information content (AvgIpc) is 2.27. The predicted molar refractivity (Wildman–Crippen MR) is 76.1 cm³/mol. The van der Waals surface area contributed by atoms with Gasteiger partial charge in [0.25, 0.3) is 10.2 Å². The summed E-state index contributed by atoms with van der Waals surface area (Å²) in [5.74, 6) is 0. The molecule has 1 heterocycles. The molecule has 0 aliphatic carbocycles. The standard InChI is InChI=1S/C12H25ClN2O2S/c1-10(2)14(4)18(16,17)15-8-6-5-7-12(15)9-11(3)13/h10-12H,5-9H2,1-4H3. The van der Waals surface area contributed by atoms with Gasteiger partial charge < -0.3 is 0 Å². The first-order valence-electron chi connectivity index (χ1n) is 6.65. The van der Waals surface area contributed by atoms with E-state index in [-0.39, 0.29) is 17.5 Å². The fourth-order valence-corrected chi connectivity index (χ4v) is 4.32. The molecule has 4 nitrogen and oxygen atoms in total. The van der Waals surface area contributed by atoms with E-state index in [0.717, 1.165) is 25.7 Å². The molecule has 0 saturated carbocycles. The van der Waals surface area contributed by atoms with Crippen LogP contribution >= 0.6 is 11.6 Å². The van der Waals surface area contributed by atoms with Gasteiger partial charge in [0.05, 0.1) is 0 Å². The van der Waals surface area contributed by atoms with Gasteiger partial charge >= 0.3 is 0 Å². The van der Waals surface area contributed by atoms with Crippen LogP contribution in [0.3, 0.4) is 0 Å². The molecule has 0 radical (unpaired) electrons. The third-order valence-corrected chi connectivity index (χ3v) is 5.96. The van der Waals surface area contributed by atoms with Gasteiger partial charge in [-0.1, -0.05) is 6.42 Å². The van der Waals surface area contributed by atoms with Crippen LogP contribution in [0.15, 0.2) is 0 Å². The highest BCUT2D eigenvalue weighted by Gasteiger charge is 2.36. The van der Waals surface area contributed by atoms with Crippen LogP contribution < -0.4 is 0 Å². The van der Waals surface area contributed by atoms with Gasteiger partial charge in [-0.05, 0) is 40.0 Å². The summed E-state index contributed by atoms with van der Waals surface area (Å²) in [5.41, 5.74) is 0. The molecule has 0 aromatic rings. The molecule has 6 heteroatoms. The molecule has 1 rings (SSSR count). The van der Waals surface area contributed by atoms with Gasteiger partial charge in [-0.25, -0.2) is 0 Å². The van der Waals surface area contributed by atoms with Gasteiger partial charge in [0.15, 0.2) is 0 Å². The molecule has 0 spiro atoms. The van der Waals surface area contributed by atoms with E-state index in [1.54, 1.807) is 11.4 Å². The summed E-state index contributed by atoms with van der Waals surface area (Å²) in [5, 5.41) is 0.00940. The molecule has 1 saturated heterocycles. The van der Waals surface area contributed by atoms with Crippen LogP contribution in [-0.2, 0) is 10.2 Å². The van der Waals surface area contributed by atoms with E-state index in [4.69, 9.17) is 11.6 Å². The van der Waals surface area contributed by atoms with E-state index in [1.165, 1.54) is 4.31 Å². The second-order valence-corrected chi connectivity index (χ2v) is 8.08. The lowest BCUT2D eigenvalue weighted by atomic mass is 10.0. The second kappa shape index (κ2) is 6.55. The molecule has 2 unspecified atom stereocenters. The molecule has 0 N–H and O–H groups in total. The van der Waals surface area contributed by atoms with Crippen molar-refractivity contribution in [1.29, 1.82) is 0 Å². The van der Waals surface area contributed by atoms with E-state index in [0.29, 0.717) is 6.54 Å². The van der Waals surface area contributed by atoms with E-state index in [1.807, 2.05) is 20.8 Å². The molecule has 0 bridgehead atoms. The fourth-order valence-electron chi connectivity index (χ4n) is 2.32. The summed E-state index contributed by atoms with van der Waals surface area (Å²) in [6, 6.07) is 0.0310. The zero-order valence-corrected chi connectivity index (χ0v) is 13.3. The first-order valence-corrected chi connectivity index (χ1v) is 8.49. The van der Waals surface area contributed by atoms with Crippen molar-refractivity contribution in [3.05, 3.63) is 0 Å². The number of rotatable bonds is 5. The van der Waals surface area contributed by atoms with Crippen molar-refractivity contribution >= 4 is 21.8 Å². The first kappa shape index (κ1) is 16.2. The van der Waals surface area contributed by atoms with Crippen molar-refractivity contribution in [3.8, 4) is 0 Å². The van der Waals surface area contributed by atoms with Crippen LogP contribution in [0.25, 0.3) is 0 Å². The van der Waals surface area contributed by atoms with Crippen molar-refractivity contribution < 1.29 is 8.42 Å². The van der Waals surface area contributed by atoms with E-state index >= 15 is 0 Å². The highest BCUT2D eigenvalue weighted by Crippen LogP contribution is 2.26. The number of hydrogen-bond donors (Lipinski definition) is 0. The van der Waals surface area contributed by atoms with Crippen molar-refractivity contribution in [3.63, 3.8) is 0 Å². The minimum atomic E-state index is -3.35. The van der Waals surface area contributed by atoms with Gasteiger partial charge in [0.1, 0.15) is 0 Å². The van der Waals surface area contributed by atoms with Gasteiger partial charge in [-0.2, -0.15) is 17.0 Å². The largest absolute Gasteiger partial charge is 0.282 e. The smallest absolute Gasteiger partial charge is 0.195 e. The van der Waals surface area contributed by atoms with Crippen molar-refractivity contribution in [2.24, 2.45) is 0 Å². The summed E-state index contributed by atoms with van der Waals surface area (Å²) in [4.78, 5) is 0. The molecule has 18 heavy (non-hydrogen) atoms. The fraction of sp³-hybridized carbons (Fsp3) is 1.00. The van der Waals surface area contributed by atoms with E-state index in [2.05, 4.69) is 0 Å². The molecule has 0 amide bonds. The first-order chi connectivity index (χ1) is 8.26. The topological polar surface area (TPSA) is 40.6 Å². The van der Waals surface area contributed by atoms with Crippen molar-refractivity contribution in [2.75, 3.05) is 13.6 Å². The predicted octanol–water partition coefficient (Wildman–Crippen LogP) is 2.44. The quantitative estimate of drug-likeness (QED) is 0.731. The summed E-state index contributed by atoms with van der Waals surface area (Å²) < 4.78 is 28.2. The molecule has 108 valence electrons. The Morgan fingerprint density at radius 1 is 1.33 bits per heavy atom. The average molecular weight is 297 g/mol. The normalized spacial score (nSPS) is 24.7. The van der Waals surface area contributed by atoms with Crippen LogP contribution in [0.1, 0.15) is 46.5 Å². The summed E-state index contributed by atoms with van der Waals surface area (Å²) >= 11 is 6.03. The molecule has 2 atom stereocenters. The van der Waals surface area contributed by atoms with Crippen LogP contribution in [0.5, 0.6) is 0 Å². The van der Waals surface area contributed by atoms with Gasteiger partial charge in [0, 0.05) is 31.1 Å². The zero-order valence-electron chi connectivity index (χ0n) is 11.8. The zero-order chi connectivity index (χ0) is 13.9. The van der Waals surface area contributed by atoms with Gasteiger partial charge in [-0.3, -0.25) is 0 Å². The Bertz CT molecular complexity index is 357. The van der Waals surface area contributed by atoms with Crippen molar-refractivity contribution in [2.45, 2.75) is 63.9 Å². The minimum Gasteiger partial charge on any atom is -0.195 e. The summed E-state index contributed by atoms with van der Waals surface area (Å²) in [6.45, 7) is 6.32. The molecule has 1 aliphatic rings. The van der Waals surface area contributed by atoms with E-state index in [9.17, 15) is 8.42 Å². The third-order valence-electron chi connectivity index (χ3n) is 3.56. The molecular formula is C12H25ClN2O2S. The highest BCUT2D eigenvalue weighted by molar-refractivity contribution is 7.86. The Hall–Kier alpha value is 0.160. The monoisotopic (exact) mass is 296 g/mol. The Kier molecular flexibility index (Phi) is 5.90. The maximum Gasteiger partial charge on any atom is 0.282 e. The molecule has 1 fully saturated rings. The van der Waals surface area contributed by atoms with Gasteiger partial charge in [-0.15, -0.1) is 11.6 Å². The molecular weight excluding hydrogens is 272 g/mol.